The summed E-state index contributed by atoms with van der Waals surface area (Å²) in [7, 11) is 2.39. The molecule has 0 aromatic carbocycles. The highest BCUT2D eigenvalue weighted by Gasteiger charge is 2.13. The zero-order chi connectivity index (χ0) is 12.8. The third-order valence-corrected chi connectivity index (χ3v) is 1.66. The zero-order valence-corrected chi connectivity index (χ0v) is 9.18. The van der Waals surface area contributed by atoms with Gasteiger partial charge in [-0.05, 0) is 5.92 Å². The molecule has 0 aliphatic rings. The summed E-state index contributed by atoms with van der Waals surface area (Å²) in [5.74, 6) is 3.01. The lowest BCUT2D eigenvalue weighted by atomic mass is 10.3. The molecule has 0 aliphatic heterocycles. The van der Waals surface area contributed by atoms with Crippen LogP contribution in [0.2, 0.25) is 0 Å². The fourth-order valence-electron chi connectivity index (χ4n) is 0.872. The van der Waals surface area contributed by atoms with Gasteiger partial charge in [-0.25, -0.2) is 19.6 Å². The minimum absolute atomic E-state index is 0.0690. The normalized spacial score (nSPS) is 8.82. The maximum absolute atomic E-state index is 11.2. The third kappa shape index (κ3) is 3.17. The van der Waals surface area contributed by atoms with Crippen molar-refractivity contribution >= 4 is 17.8 Å². The van der Waals surface area contributed by atoms with Crippen molar-refractivity contribution in [3.8, 4) is 11.8 Å². The number of ether oxygens (including phenoxy) is 2. The van der Waals surface area contributed by atoms with Gasteiger partial charge >= 0.3 is 11.9 Å². The van der Waals surface area contributed by atoms with Gasteiger partial charge in [-0.2, -0.15) is 0 Å². The maximum atomic E-state index is 11.2. The molecule has 1 rings (SSSR count). The van der Waals surface area contributed by atoms with Crippen LogP contribution in [0.5, 0.6) is 0 Å². The molecular formula is C10H9N3O4. The highest BCUT2D eigenvalue weighted by Crippen LogP contribution is 2.06. The number of nitrogens with two attached hydrogens (primary N) is 1. The smallest absolute Gasteiger partial charge is 0.384 e. The van der Waals surface area contributed by atoms with E-state index in [0.717, 1.165) is 0 Å². The summed E-state index contributed by atoms with van der Waals surface area (Å²) < 4.78 is 8.78. The monoisotopic (exact) mass is 235 g/mol. The number of carbonyl (C=O) groups is 2. The minimum atomic E-state index is -0.725. The molecule has 88 valence electrons. The standard InChI is InChI=1S/C10H9N3O4/c1-16-7(14)4-3-6-5-12-9(11)8(13-6)10(15)17-2/h5H,1-2H3,(H2,11,12). The highest BCUT2D eigenvalue weighted by molar-refractivity contribution is 5.92. The molecule has 0 saturated carbocycles. The second-order valence-electron chi connectivity index (χ2n) is 2.72. The van der Waals surface area contributed by atoms with E-state index in [1.54, 1.807) is 0 Å². The molecule has 0 amide bonds. The molecule has 1 heterocycles. The molecular weight excluding hydrogens is 226 g/mol. The van der Waals surface area contributed by atoms with Crippen LogP contribution >= 0.6 is 0 Å². The van der Waals surface area contributed by atoms with E-state index in [4.69, 9.17) is 5.73 Å². The maximum Gasteiger partial charge on any atom is 0.384 e. The van der Waals surface area contributed by atoms with Gasteiger partial charge in [0.05, 0.1) is 20.4 Å². The quantitative estimate of drug-likeness (QED) is 0.510. The van der Waals surface area contributed by atoms with Crippen molar-refractivity contribution in [2.45, 2.75) is 0 Å². The molecule has 0 fully saturated rings. The first-order chi connectivity index (χ1) is 8.08. The molecule has 0 saturated heterocycles. The first kappa shape index (κ1) is 12.4. The van der Waals surface area contributed by atoms with Crippen LogP contribution in [0.15, 0.2) is 6.20 Å². The van der Waals surface area contributed by atoms with Crippen molar-refractivity contribution in [2.24, 2.45) is 0 Å². The van der Waals surface area contributed by atoms with Crippen molar-refractivity contribution in [1.82, 2.24) is 9.97 Å². The summed E-state index contributed by atoms with van der Waals surface area (Å²) in [6.45, 7) is 0. The Kier molecular flexibility index (Phi) is 4.00. The molecule has 1 aromatic rings. The second-order valence-corrected chi connectivity index (χ2v) is 2.72. The Labute approximate surface area is 96.9 Å². The van der Waals surface area contributed by atoms with E-state index in [1.165, 1.54) is 20.4 Å². The van der Waals surface area contributed by atoms with Crippen LogP contribution < -0.4 is 5.73 Å². The van der Waals surface area contributed by atoms with Crippen LogP contribution in [-0.2, 0) is 14.3 Å². The van der Waals surface area contributed by atoms with Gasteiger partial charge < -0.3 is 15.2 Å². The van der Waals surface area contributed by atoms with Gasteiger partial charge in [-0.1, -0.05) is 0 Å². The number of nitrogens with zero attached hydrogens (tertiary/aromatic N) is 2. The van der Waals surface area contributed by atoms with Crippen LogP contribution in [0.4, 0.5) is 5.82 Å². The van der Waals surface area contributed by atoms with Crippen LogP contribution in [-0.4, -0.2) is 36.1 Å². The van der Waals surface area contributed by atoms with Crippen molar-refractivity contribution < 1.29 is 19.1 Å². The van der Waals surface area contributed by atoms with Crippen molar-refractivity contribution in [1.29, 1.82) is 0 Å². The Morgan fingerprint density at radius 3 is 2.65 bits per heavy atom. The average molecular weight is 235 g/mol. The SMILES string of the molecule is COC(=O)C#Cc1cnc(N)c(C(=O)OC)n1. The van der Waals surface area contributed by atoms with Gasteiger partial charge in [0.25, 0.3) is 0 Å². The van der Waals surface area contributed by atoms with E-state index in [9.17, 15) is 9.59 Å². The van der Waals surface area contributed by atoms with Crippen molar-refractivity contribution in [3.63, 3.8) is 0 Å². The third-order valence-electron chi connectivity index (χ3n) is 1.66. The average Bonchev–Trinajstić information content (AvgIpc) is 2.36. The van der Waals surface area contributed by atoms with Gasteiger partial charge in [-0.3, -0.25) is 0 Å². The van der Waals surface area contributed by atoms with Crippen LogP contribution in [0.3, 0.4) is 0 Å². The first-order valence-corrected chi connectivity index (χ1v) is 4.39. The van der Waals surface area contributed by atoms with E-state index in [2.05, 4.69) is 31.3 Å². The van der Waals surface area contributed by atoms with Gasteiger partial charge in [0.2, 0.25) is 0 Å². The Morgan fingerprint density at radius 2 is 2.06 bits per heavy atom. The number of anilines is 1. The van der Waals surface area contributed by atoms with E-state index < -0.39 is 11.9 Å². The lowest BCUT2D eigenvalue weighted by Crippen LogP contribution is -2.11. The largest absolute Gasteiger partial charge is 0.464 e. The number of methoxy groups -OCH3 is 2. The number of esters is 2. The van der Waals surface area contributed by atoms with E-state index in [1.807, 2.05) is 0 Å². The summed E-state index contributed by atoms with van der Waals surface area (Å²) in [4.78, 5) is 29.5. The molecule has 0 atom stereocenters. The molecule has 0 unspecified atom stereocenters. The Morgan fingerprint density at radius 1 is 1.35 bits per heavy atom. The van der Waals surface area contributed by atoms with Crippen LogP contribution in [0, 0.1) is 11.8 Å². The van der Waals surface area contributed by atoms with Crippen LogP contribution in [0.1, 0.15) is 16.2 Å². The number of carbonyl (C=O) groups excluding carboxylic acids is 2. The predicted molar refractivity (Wildman–Crippen MR) is 56.7 cm³/mol. The molecule has 7 heteroatoms. The Hall–Kier alpha value is -2.62. The van der Waals surface area contributed by atoms with Gasteiger partial charge in [-0.15, -0.1) is 0 Å². The minimum Gasteiger partial charge on any atom is -0.464 e. The summed E-state index contributed by atoms with van der Waals surface area (Å²) in [6.07, 6.45) is 1.23. The fourth-order valence-corrected chi connectivity index (χ4v) is 0.872. The summed E-state index contributed by atoms with van der Waals surface area (Å²) in [5, 5.41) is 0. The Balaban J connectivity index is 3.07. The lowest BCUT2D eigenvalue weighted by molar-refractivity contribution is -0.133. The lowest BCUT2D eigenvalue weighted by Gasteiger charge is -2.01. The molecule has 7 nitrogen and oxygen atoms in total. The molecule has 0 radical (unpaired) electrons. The second kappa shape index (κ2) is 5.46. The van der Waals surface area contributed by atoms with Crippen molar-refractivity contribution in [2.75, 3.05) is 20.0 Å². The molecule has 2 N–H and O–H groups in total. The van der Waals surface area contributed by atoms with Gasteiger partial charge in [0.1, 0.15) is 5.69 Å². The fraction of sp³-hybridized carbons (Fsp3) is 0.200. The first-order valence-electron chi connectivity index (χ1n) is 4.39. The molecule has 0 bridgehead atoms. The zero-order valence-electron chi connectivity index (χ0n) is 9.18. The number of hydrogen-bond donors (Lipinski definition) is 1. The molecule has 1 aromatic heterocycles. The molecule has 0 spiro atoms. The molecule has 0 aliphatic carbocycles. The van der Waals surface area contributed by atoms with Gasteiger partial charge in [0, 0.05) is 5.92 Å². The molecule has 17 heavy (non-hydrogen) atoms. The predicted octanol–water partition coefficient (Wildman–Crippen LogP) is -0.630. The highest BCUT2D eigenvalue weighted by atomic mass is 16.5. The number of nitrogen functional groups attached to an aromatic ring is 1. The summed E-state index contributed by atoms with van der Waals surface area (Å²) in [6, 6.07) is 0. The number of aromatic nitrogens is 2. The Bertz CT molecular complexity index is 516. The topological polar surface area (TPSA) is 104 Å². The van der Waals surface area contributed by atoms with Crippen molar-refractivity contribution in [3.05, 3.63) is 17.6 Å². The van der Waals surface area contributed by atoms with Crippen LogP contribution in [0.25, 0.3) is 0 Å². The number of rotatable bonds is 1. The van der Waals surface area contributed by atoms with E-state index in [0.29, 0.717) is 0 Å². The summed E-state index contributed by atoms with van der Waals surface area (Å²) >= 11 is 0. The van der Waals surface area contributed by atoms with Gasteiger partial charge in [0.15, 0.2) is 11.5 Å². The van der Waals surface area contributed by atoms with E-state index >= 15 is 0 Å². The summed E-state index contributed by atoms with van der Waals surface area (Å²) in [5.41, 5.74) is 5.40. The van der Waals surface area contributed by atoms with E-state index in [-0.39, 0.29) is 17.2 Å². The number of hydrogen-bond acceptors (Lipinski definition) is 7.